The Labute approximate surface area is 156 Å². The molecule has 0 saturated carbocycles. The Morgan fingerprint density at radius 3 is 2.62 bits per heavy atom. The van der Waals surface area contributed by atoms with Gasteiger partial charge in [-0.2, -0.15) is 4.31 Å². The summed E-state index contributed by atoms with van der Waals surface area (Å²) in [4.78, 5) is 12.7. The Morgan fingerprint density at radius 1 is 1.23 bits per heavy atom. The van der Waals surface area contributed by atoms with Gasteiger partial charge < -0.3 is 5.32 Å². The lowest BCUT2D eigenvalue weighted by molar-refractivity contribution is -0.119. The molecule has 1 aliphatic rings. The van der Waals surface area contributed by atoms with Gasteiger partial charge in [0.15, 0.2) is 0 Å². The van der Waals surface area contributed by atoms with Crippen molar-refractivity contribution in [3.63, 3.8) is 0 Å². The van der Waals surface area contributed by atoms with Crippen LogP contribution < -0.4 is 5.32 Å². The molecule has 138 valence electrons. The molecule has 1 saturated heterocycles. The van der Waals surface area contributed by atoms with Crippen LogP contribution in [0, 0.1) is 12.7 Å². The Morgan fingerprint density at radius 2 is 1.92 bits per heavy atom. The van der Waals surface area contributed by atoms with Gasteiger partial charge in [-0.15, -0.1) is 0 Å². The van der Waals surface area contributed by atoms with Crippen molar-refractivity contribution < 1.29 is 17.6 Å². The van der Waals surface area contributed by atoms with Gasteiger partial charge in [0.25, 0.3) is 0 Å². The van der Waals surface area contributed by atoms with E-state index in [0.29, 0.717) is 29.1 Å². The topological polar surface area (TPSA) is 66.5 Å². The highest BCUT2D eigenvalue weighted by Gasteiger charge is 2.39. The predicted molar refractivity (Wildman–Crippen MR) is 98.1 cm³/mol. The third-order valence-electron chi connectivity index (χ3n) is 4.45. The summed E-state index contributed by atoms with van der Waals surface area (Å²) in [6.45, 7) is 1.81. The molecule has 0 aromatic heterocycles. The summed E-state index contributed by atoms with van der Waals surface area (Å²) in [5, 5.41) is 3.08. The molecule has 0 aliphatic carbocycles. The molecule has 1 aliphatic heterocycles. The molecule has 1 atom stereocenters. The van der Waals surface area contributed by atoms with Gasteiger partial charge in [-0.05, 0) is 56.2 Å². The summed E-state index contributed by atoms with van der Waals surface area (Å²) in [7, 11) is -3.82. The molecule has 0 spiro atoms. The maximum Gasteiger partial charge on any atom is 0.243 e. The molecular formula is C18H18ClFN2O3S. The minimum Gasteiger partial charge on any atom is -0.324 e. The van der Waals surface area contributed by atoms with Crippen LogP contribution in [0.3, 0.4) is 0 Å². The first kappa shape index (κ1) is 18.8. The molecule has 0 bridgehead atoms. The lowest BCUT2D eigenvalue weighted by Crippen LogP contribution is -2.43. The fraction of sp³-hybridized carbons (Fsp3) is 0.278. The second kappa shape index (κ2) is 7.34. The van der Waals surface area contributed by atoms with E-state index in [1.165, 1.54) is 40.7 Å². The van der Waals surface area contributed by atoms with Crippen molar-refractivity contribution in [2.75, 3.05) is 11.9 Å². The van der Waals surface area contributed by atoms with Crippen molar-refractivity contribution in [1.82, 2.24) is 4.31 Å². The molecule has 1 heterocycles. The summed E-state index contributed by atoms with van der Waals surface area (Å²) < 4.78 is 40.6. The van der Waals surface area contributed by atoms with Gasteiger partial charge in [-0.25, -0.2) is 12.8 Å². The quantitative estimate of drug-likeness (QED) is 0.858. The number of rotatable bonds is 4. The first-order chi connectivity index (χ1) is 12.3. The summed E-state index contributed by atoms with van der Waals surface area (Å²) in [5.74, 6) is -0.895. The van der Waals surface area contributed by atoms with Gasteiger partial charge in [-0.3, -0.25) is 4.79 Å². The van der Waals surface area contributed by atoms with Gasteiger partial charge in [-0.1, -0.05) is 17.7 Å². The van der Waals surface area contributed by atoms with Gasteiger partial charge in [0, 0.05) is 22.8 Å². The molecule has 5 nitrogen and oxygen atoms in total. The maximum atomic E-state index is 13.7. The molecular weight excluding hydrogens is 379 g/mol. The van der Waals surface area contributed by atoms with Crippen LogP contribution in [-0.4, -0.2) is 31.2 Å². The van der Waals surface area contributed by atoms with E-state index in [4.69, 9.17) is 11.6 Å². The normalized spacial score (nSPS) is 18.0. The number of nitrogens with zero attached hydrogens (tertiary/aromatic N) is 1. The van der Waals surface area contributed by atoms with E-state index >= 15 is 0 Å². The van der Waals surface area contributed by atoms with Crippen LogP contribution in [-0.2, 0) is 14.8 Å². The van der Waals surface area contributed by atoms with Crippen LogP contribution in [0.2, 0.25) is 5.02 Å². The van der Waals surface area contributed by atoms with Crippen LogP contribution in [0.4, 0.5) is 10.1 Å². The van der Waals surface area contributed by atoms with Crippen molar-refractivity contribution in [3.05, 3.63) is 58.9 Å². The molecule has 8 heteroatoms. The first-order valence-corrected chi connectivity index (χ1v) is 9.96. The number of carbonyl (C=O) groups is 1. The number of hydrogen-bond acceptors (Lipinski definition) is 3. The van der Waals surface area contributed by atoms with E-state index in [1.54, 1.807) is 13.0 Å². The standard InChI is InChI=1S/C18H18ClFN2O3S/c1-12-15(20)4-2-5-16(12)21-18(23)17-6-3-11-22(17)26(24,25)14-9-7-13(19)8-10-14/h2,4-5,7-10,17H,3,6,11H2,1H3,(H,21,23)/t17-/m0/s1. The molecule has 2 aromatic carbocycles. The Bertz CT molecular complexity index is 932. The fourth-order valence-corrected chi connectivity index (χ4v) is 4.77. The van der Waals surface area contributed by atoms with Crippen LogP contribution in [0.25, 0.3) is 0 Å². The highest BCUT2D eigenvalue weighted by molar-refractivity contribution is 7.89. The second-order valence-electron chi connectivity index (χ2n) is 6.13. The van der Waals surface area contributed by atoms with E-state index in [9.17, 15) is 17.6 Å². The van der Waals surface area contributed by atoms with E-state index < -0.39 is 27.8 Å². The molecule has 0 radical (unpaired) electrons. The third kappa shape index (κ3) is 3.60. The van der Waals surface area contributed by atoms with Crippen molar-refractivity contribution in [3.8, 4) is 0 Å². The summed E-state index contributed by atoms with van der Waals surface area (Å²) >= 11 is 5.82. The van der Waals surface area contributed by atoms with E-state index in [2.05, 4.69) is 5.32 Å². The molecule has 26 heavy (non-hydrogen) atoms. The summed E-state index contributed by atoms with van der Waals surface area (Å²) in [6, 6.07) is 9.38. The second-order valence-corrected chi connectivity index (χ2v) is 8.46. The van der Waals surface area contributed by atoms with Crippen molar-refractivity contribution in [1.29, 1.82) is 0 Å². The van der Waals surface area contributed by atoms with Crippen LogP contribution in [0.1, 0.15) is 18.4 Å². The number of sulfonamides is 1. The van der Waals surface area contributed by atoms with E-state index in [-0.39, 0.29) is 11.4 Å². The fourth-order valence-electron chi connectivity index (χ4n) is 2.99. The Kier molecular flexibility index (Phi) is 5.32. The predicted octanol–water partition coefficient (Wildman–Crippen LogP) is 3.58. The smallest absolute Gasteiger partial charge is 0.243 e. The van der Waals surface area contributed by atoms with Gasteiger partial charge in [0.2, 0.25) is 15.9 Å². The molecule has 1 N–H and O–H groups in total. The third-order valence-corrected chi connectivity index (χ3v) is 6.63. The first-order valence-electron chi connectivity index (χ1n) is 8.14. The Hall–Kier alpha value is -1.96. The van der Waals surface area contributed by atoms with E-state index in [0.717, 1.165) is 0 Å². The van der Waals surface area contributed by atoms with Crippen LogP contribution in [0.5, 0.6) is 0 Å². The number of amides is 1. The number of hydrogen-bond donors (Lipinski definition) is 1. The number of halogens is 2. The Balaban J connectivity index is 1.84. The van der Waals surface area contributed by atoms with Gasteiger partial charge in [0.05, 0.1) is 4.90 Å². The lowest BCUT2D eigenvalue weighted by Gasteiger charge is -2.23. The average molecular weight is 397 g/mol. The van der Waals surface area contributed by atoms with Gasteiger partial charge >= 0.3 is 0 Å². The maximum absolute atomic E-state index is 13.7. The molecule has 0 unspecified atom stereocenters. The zero-order valence-corrected chi connectivity index (χ0v) is 15.6. The highest BCUT2D eigenvalue weighted by atomic mass is 35.5. The average Bonchev–Trinajstić information content (AvgIpc) is 3.10. The molecule has 3 rings (SSSR count). The summed E-state index contributed by atoms with van der Waals surface area (Å²) in [5.41, 5.74) is 0.650. The summed E-state index contributed by atoms with van der Waals surface area (Å²) in [6.07, 6.45) is 0.986. The van der Waals surface area contributed by atoms with Crippen LogP contribution >= 0.6 is 11.6 Å². The van der Waals surface area contributed by atoms with E-state index in [1.807, 2.05) is 0 Å². The van der Waals surface area contributed by atoms with Crippen molar-refractivity contribution in [2.45, 2.75) is 30.7 Å². The zero-order chi connectivity index (χ0) is 18.9. The number of carbonyl (C=O) groups excluding carboxylic acids is 1. The number of anilines is 1. The lowest BCUT2D eigenvalue weighted by atomic mass is 10.1. The van der Waals surface area contributed by atoms with Crippen molar-refractivity contribution in [2.24, 2.45) is 0 Å². The monoisotopic (exact) mass is 396 g/mol. The largest absolute Gasteiger partial charge is 0.324 e. The highest BCUT2D eigenvalue weighted by Crippen LogP contribution is 2.28. The number of benzene rings is 2. The van der Waals surface area contributed by atoms with Crippen LogP contribution in [0.15, 0.2) is 47.4 Å². The number of nitrogens with one attached hydrogen (secondary N) is 1. The molecule has 1 amide bonds. The zero-order valence-electron chi connectivity index (χ0n) is 14.1. The minimum atomic E-state index is -3.82. The molecule has 1 fully saturated rings. The van der Waals surface area contributed by atoms with Gasteiger partial charge in [0.1, 0.15) is 11.9 Å². The SMILES string of the molecule is Cc1c(F)cccc1NC(=O)[C@@H]1CCCN1S(=O)(=O)c1ccc(Cl)cc1. The molecule has 2 aromatic rings. The van der Waals surface area contributed by atoms with Crippen molar-refractivity contribution >= 4 is 33.2 Å². The minimum absolute atomic E-state index is 0.0866.